The summed E-state index contributed by atoms with van der Waals surface area (Å²) in [4.78, 5) is 0. The number of hydrogen-bond acceptors (Lipinski definition) is 1. The van der Waals surface area contributed by atoms with E-state index in [9.17, 15) is 0 Å². The highest BCUT2D eigenvalue weighted by molar-refractivity contribution is 6.30. The number of benzene rings is 1. The summed E-state index contributed by atoms with van der Waals surface area (Å²) in [6.07, 6.45) is 3.72. The van der Waals surface area contributed by atoms with Crippen molar-refractivity contribution in [2.24, 2.45) is 11.8 Å². The predicted molar refractivity (Wildman–Crippen MR) is 81.3 cm³/mol. The molecule has 0 bridgehead atoms. The average Bonchev–Trinajstić information content (AvgIpc) is 2.37. The first-order valence-corrected chi connectivity index (χ1v) is 7.50. The molecule has 0 heterocycles. The standard InChI is InChI=1S/C16H26ClN/c1-4-6-13(3)15(12-18-5-2)11-14-7-9-16(17)10-8-14/h7-10,13,15,18H,4-6,11-12H2,1-3H3. The van der Waals surface area contributed by atoms with Gasteiger partial charge in [0.1, 0.15) is 0 Å². The van der Waals surface area contributed by atoms with Crippen molar-refractivity contribution in [3.63, 3.8) is 0 Å². The highest BCUT2D eigenvalue weighted by atomic mass is 35.5. The van der Waals surface area contributed by atoms with Crippen LogP contribution in [0.2, 0.25) is 5.02 Å². The Bertz CT molecular complexity index is 320. The maximum Gasteiger partial charge on any atom is 0.0406 e. The molecule has 0 aliphatic heterocycles. The first kappa shape index (κ1) is 15.5. The van der Waals surface area contributed by atoms with Gasteiger partial charge in [-0.15, -0.1) is 0 Å². The molecule has 0 saturated heterocycles. The number of rotatable bonds is 8. The molecule has 0 fully saturated rings. The second-order valence-corrected chi connectivity index (χ2v) is 5.60. The lowest BCUT2D eigenvalue weighted by molar-refractivity contribution is 0.320. The van der Waals surface area contributed by atoms with Crippen LogP contribution >= 0.6 is 11.6 Å². The SMILES string of the molecule is CCCC(C)C(CNCC)Cc1ccc(Cl)cc1. The Kier molecular flexibility index (Phi) is 7.38. The van der Waals surface area contributed by atoms with Crippen LogP contribution in [0.15, 0.2) is 24.3 Å². The van der Waals surface area contributed by atoms with E-state index in [1.54, 1.807) is 0 Å². The Balaban J connectivity index is 2.61. The van der Waals surface area contributed by atoms with Crippen molar-refractivity contribution in [1.82, 2.24) is 5.32 Å². The lowest BCUT2D eigenvalue weighted by atomic mass is 9.85. The molecule has 18 heavy (non-hydrogen) atoms. The van der Waals surface area contributed by atoms with E-state index in [-0.39, 0.29) is 0 Å². The van der Waals surface area contributed by atoms with Crippen LogP contribution in [0.25, 0.3) is 0 Å². The van der Waals surface area contributed by atoms with Gasteiger partial charge in [-0.3, -0.25) is 0 Å². The van der Waals surface area contributed by atoms with Crippen molar-refractivity contribution in [2.45, 2.75) is 40.0 Å². The second kappa shape index (κ2) is 8.55. The Morgan fingerprint density at radius 3 is 2.39 bits per heavy atom. The molecule has 0 aromatic heterocycles. The maximum absolute atomic E-state index is 5.93. The number of halogens is 1. The van der Waals surface area contributed by atoms with Crippen LogP contribution in [0.1, 0.15) is 39.2 Å². The minimum Gasteiger partial charge on any atom is -0.317 e. The van der Waals surface area contributed by atoms with E-state index >= 15 is 0 Å². The third-order valence-corrected chi connectivity index (χ3v) is 3.87. The lowest BCUT2D eigenvalue weighted by Gasteiger charge is -2.24. The molecule has 0 radical (unpaired) electrons. The van der Waals surface area contributed by atoms with Gasteiger partial charge in [0, 0.05) is 5.02 Å². The molecule has 0 amide bonds. The van der Waals surface area contributed by atoms with Gasteiger partial charge >= 0.3 is 0 Å². The van der Waals surface area contributed by atoms with E-state index in [4.69, 9.17) is 11.6 Å². The molecular weight excluding hydrogens is 242 g/mol. The maximum atomic E-state index is 5.93. The monoisotopic (exact) mass is 267 g/mol. The summed E-state index contributed by atoms with van der Waals surface area (Å²) >= 11 is 5.93. The fraction of sp³-hybridized carbons (Fsp3) is 0.625. The molecular formula is C16H26ClN. The molecule has 1 N–H and O–H groups in total. The van der Waals surface area contributed by atoms with Crippen LogP contribution in [0.3, 0.4) is 0 Å². The molecule has 0 spiro atoms. The first-order chi connectivity index (χ1) is 8.67. The summed E-state index contributed by atoms with van der Waals surface area (Å²) in [7, 11) is 0. The summed E-state index contributed by atoms with van der Waals surface area (Å²) in [5.74, 6) is 1.48. The van der Waals surface area contributed by atoms with Crippen molar-refractivity contribution in [3.8, 4) is 0 Å². The van der Waals surface area contributed by atoms with Crippen molar-refractivity contribution >= 4 is 11.6 Å². The van der Waals surface area contributed by atoms with Gasteiger partial charge in [-0.1, -0.05) is 57.3 Å². The zero-order valence-electron chi connectivity index (χ0n) is 11.9. The molecule has 0 aliphatic carbocycles. The zero-order chi connectivity index (χ0) is 13.4. The van der Waals surface area contributed by atoms with Crippen LogP contribution < -0.4 is 5.32 Å². The summed E-state index contributed by atoms with van der Waals surface area (Å²) < 4.78 is 0. The Labute approximate surface area is 117 Å². The van der Waals surface area contributed by atoms with Crippen LogP contribution in [0, 0.1) is 11.8 Å². The minimum absolute atomic E-state index is 0.714. The summed E-state index contributed by atoms with van der Waals surface area (Å²) in [6, 6.07) is 8.29. The predicted octanol–water partition coefficient (Wildman–Crippen LogP) is 4.54. The number of nitrogens with one attached hydrogen (secondary N) is 1. The third-order valence-electron chi connectivity index (χ3n) is 3.62. The fourth-order valence-electron chi connectivity index (χ4n) is 2.42. The molecule has 1 aromatic carbocycles. The van der Waals surface area contributed by atoms with E-state index in [0.29, 0.717) is 5.92 Å². The summed E-state index contributed by atoms with van der Waals surface area (Å²) in [6.45, 7) is 8.98. The van der Waals surface area contributed by atoms with E-state index in [2.05, 4.69) is 38.2 Å². The quantitative estimate of drug-likeness (QED) is 0.729. The number of hydrogen-bond donors (Lipinski definition) is 1. The van der Waals surface area contributed by atoms with E-state index in [1.807, 2.05) is 12.1 Å². The molecule has 2 heteroatoms. The lowest BCUT2D eigenvalue weighted by Crippen LogP contribution is -2.28. The van der Waals surface area contributed by atoms with Gasteiger partial charge < -0.3 is 5.32 Å². The first-order valence-electron chi connectivity index (χ1n) is 7.12. The molecule has 1 aromatic rings. The molecule has 0 saturated carbocycles. The smallest absolute Gasteiger partial charge is 0.0406 e. The normalized spacial score (nSPS) is 14.4. The Morgan fingerprint density at radius 2 is 1.83 bits per heavy atom. The van der Waals surface area contributed by atoms with Crippen LogP contribution in [-0.4, -0.2) is 13.1 Å². The zero-order valence-corrected chi connectivity index (χ0v) is 12.6. The molecule has 102 valence electrons. The van der Waals surface area contributed by atoms with Crippen molar-refractivity contribution in [2.75, 3.05) is 13.1 Å². The van der Waals surface area contributed by atoms with Gasteiger partial charge in [0.05, 0.1) is 0 Å². The molecule has 1 nitrogen and oxygen atoms in total. The highest BCUT2D eigenvalue weighted by Gasteiger charge is 2.16. The van der Waals surface area contributed by atoms with Crippen LogP contribution in [-0.2, 0) is 6.42 Å². The van der Waals surface area contributed by atoms with Crippen molar-refractivity contribution < 1.29 is 0 Å². The minimum atomic E-state index is 0.714. The largest absolute Gasteiger partial charge is 0.317 e. The van der Waals surface area contributed by atoms with Gasteiger partial charge in [0.15, 0.2) is 0 Å². The molecule has 0 aliphatic rings. The summed E-state index contributed by atoms with van der Waals surface area (Å²) in [5.41, 5.74) is 1.39. The van der Waals surface area contributed by atoms with Crippen LogP contribution in [0.4, 0.5) is 0 Å². The highest BCUT2D eigenvalue weighted by Crippen LogP contribution is 2.22. The second-order valence-electron chi connectivity index (χ2n) is 5.16. The van der Waals surface area contributed by atoms with Gasteiger partial charge in [-0.05, 0) is 49.0 Å². The van der Waals surface area contributed by atoms with Gasteiger partial charge in [0.25, 0.3) is 0 Å². The van der Waals surface area contributed by atoms with E-state index in [1.165, 1.54) is 18.4 Å². The Hall–Kier alpha value is -0.530. The van der Waals surface area contributed by atoms with Gasteiger partial charge in [-0.2, -0.15) is 0 Å². The molecule has 1 rings (SSSR count). The molecule has 2 unspecified atom stereocenters. The van der Waals surface area contributed by atoms with E-state index < -0.39 is 0 Å². The van der Waals surface area contributed by atoms with Crippen molar-refractivity contribution in [1.29, 1.82) is 0 Å². The fourth-order valence-corrected chi connectivity index (χ4v) is 2.54. The van der Waals surface area contributed by atoms with E-state index in [0.717, 1.165) is 30.5 Å². The van der Waals surface area contributed by atoms with Gasteiger partial charge in [0.2, 0.25) is 0 Å². The third kappa shape index (κ3) is 5.41. The average molecular weight is 268 g/mol. The topological polar surface area (TPSA) is 12.0 Å². The summed E-state index contributed by atoms with van der Waals surface area (Å²) in [5, 5.41) is 4.32. The van der Waals surface area contributed by atoms with Crippen molar-refractivity contribution in [3.05, 3.63) is 34.9 Å². The van der Waals surface area contributed by atoms with Gasteiger partial charge in [-0.25, -0.2) is 0 Å². The van der Waals surface area contributed by atoms with Crippen LogP contribution in [0.5, 0.6) is 0 Å². The Morgan fingerprint density at radius 1 is 1.17 bits per heavy atom. The molecule has 2 atom stereocenters.